The second kappa shape index (κ2) is 5.76. The maximum absolute atomic E-state index is 12.3. The number of nitrogens with zero attached hydrogens (tertiary/aromatic N) is 1. The third-order valence-corrected chi connectivity index (χ3v) is 4.19. The topological polar surface area (TPSA) is 58.6 Å². The van der Waals surface area contributed by atoms with Crippen LogP contribution in [0.4, 0.5) is 5.69 Å². The molecule has 1 atom stereocenters. The van der Waals surface area contributed by atoms with Gasteiger partial charge in [-0.1, -0.05) is 25.0 Å². The lowest BCUT2D eigenvalue weighted by atomic mass is 10.1. The van der Waals surface area contributed by atoms with Crippen molar-refractivity contribution < 1.29 is 14.3 Å². The number of likely N-dealkylation sites (N-methyl/N-ethyl adjacent to an activating group) is 1. The lowest BCUT2D eigenvalue weighted by Gasteiger charge is -2.31. The monoisotopic (exact) mass is 288 g/mol. The summed E-state index contributed by atoms with van der Waals surface area (Å²) in [5, 5.41) is 3.00. The molecule has 2 amide bonds. The lowest BCUT2D eigenvalue weighted by molar-refractivity contribution is -0.132. The van der Waals surface area contributed by atoms with Gasteiger partial charge in [0.05, 0.1) is 12.1 Å². The van der Waals surface area contributed by atoms with Gasteiger partial charge in [0, 0.05) is 13.1 Å². The fourth-order valence-corrected chi connectivity index (χ4v) is 3.03. The molecule has 0 saturated heterocycles. The van der Waals surface area contributed by atoms with E-state index in [4.69, 9.17) is 4.74 Å². The minimum atomic E-state index is -0.730. The van der Waals surface area contributed by atoms with Crippen molar-refractivity contribution in [3.05, 3.63) is 24.3 Å². The Labute approximate surface area is 124 Å². The van der Waals surface area contributed by atoms with E-state index in [9.17, 15) is 9.59 Å². The van der Waals surface area contributed by atoms with Crippen LogP contribution in [0.5, 0.6) is 5.75 Å². The van der Waals surface area contributed by atoms with E-state index < -0.39 is 6.10 Å². The van der Waals surface area contributed by atoms with Crippen LogP contribution in [0.3, 0.4) is 0 Å². The predicted octanol–water partition coefficient (Wildman–Crippen LogP) is 1.86. The smallest absolute Gasteiger partial charge is 0.268 e. The highest BCUT2D eigenvalue weighted by Gasteiger charge is 2.34. The van der Waals surface area contributed by atoms with Crippen LogP contribution in [0, 0.1) is 0 Å². The number of rotatable bonds is 3. The van der Waals surface area contributed by atoms with Crippen LogP contribution in [0.2, 0.25) is 0 Å². The van der Waals surface area contributed by atoms with Gasteiger partial charge in [0.15, 0.2) is 6.10 Å². The molecule has 1 heterocycles. The third-order valence-electron chi connectivity index (χ3n) is 4.19. The fourth-order valence-electron chi connectivity index (χ4n) is 3.03. The number of ether oxygens (including phenoxy) is 1. The molecule has 21 heavy (non-hydrogen) atoms. The summed E-state index contributed by atoms with van der Waals surface area (Å²) in [5.41, 5.74) is 0.745. The Morgan fingerprint density at radius 3 is 2.81 bits per heavy atom. The highest BCUT2D eigenvalue weighted by molar-refractivity contribution is 6.01. The van der Waals surface area contributed by atoms with E-state index in [0.29, 0.717) is 5.75 Å². The van der Waals surface area contributed by atoms with Crippen LogP contribution in [0.15, 0.2) is 24.3 Å². The predicted molar refractivity (Wildman–Crippen MR) is 79.3 cm³/mol. The maximum Gasteiger partial charge on any atom is 0.268 e. The molecule has 0 spiro atoms. The van der Waals surface area contributed by atoms with Crippen molar-refractivity contribution in [2.24, 2.45) is 0 Å². The standard InChI is InChI=1S/C16H20N2O3/c1-18-12-8-4-5-9-13(12)21-14(16(18)20)10-15(19)17-11-6-2-3-7-11/h4-5,8-9,11,14H,2-3,6-7,10H2,1H3,(H,17,19). The van der Waals surface area contributed by atoms with Crippen molar-refractivity contribution in [3.8, 4) is 5.75 Å². The molecule has 1 N–H and O–H groups in total. The molecule has 112 valence electrons. The number of para-hydroxylation sites is 2. The summed E-state index contributed by atoms with van der Waals surface area (Å²) in [4.78, 5) is 25.9. The first-order valence-corrected chi connectivity index (χ1v) is 7.48. The van der Waals surface area contributed by atoms with E-state index in [2.05, 4.69) is 5.32 Å². The van der Waals surface area contributed by atoms with Crippen molar-refractivity contribution in [1.29, 1.82) is 0 Å². The van der Waals surface area contributed by atoms with Crippen molar-refractivity contribution in [2.75, 3.05) is 11.9 Å². The van der Waals surface area contributed by atoms with E-state index in [1.807, 2.05) is 24.3 Å². The summed E-state index contributed by atoms with van der Waals surface area (Å²) >= 11 is 0. The highest BCUT2D eigenvalue weighted by Crippen LogP contribution is 2.33. The number of amides is 2. The minimum absolute atomic E-state index is 0.0774. The van der Waals surface area contributed by atoms with Gasteiger partial charge in [0.25, 0.3) is 5.91 Å². The van der Waals surface area contributed by atoms with Gasteiger partial charge in [-0.25, -0.2) is 0 Å². The molecule has 1 aromatic carbocycles. The van der Waals surface area contributed by atoms with Crippen molar-refractivity contribution in [2.45, 2.75) is 44.2 Å². The van der Waals surface area contributed by atoms with Gasteiger partial charge in [0.1, 0.15) is 5.75 Å². The normalized spacial score (nSPS) is 21.9. The summed E-state index contributed by atoms with van der Waals surface area (Å²) in [6.45, 7) is 0. The van der Waals surface area contributed by atoms with E-state index in [1.165, 1.54) is 12.8 Å². The zero-order valence-electron chi connectivity index (χ0n) is 12.2. The van der Waals surface area contributed by atoms with E-state index in [0.717, 1.165) is 18.5 Å². The number of carbonyl (C=O) groups excluding carboxylic acids is 2. The molecule has 1 aliphatic carbocycles. The van der Waals surface area contributed by atoms with Gasteiger partial charge in [0.2, 0.25) is 5.91 Å². The molecule has 0 radical (unpaired) electrons. The first-order valence-electron chi connectivity index (χ1n) is 7.48. The Bertz CT molecular complexity index is 552. The molecule has 1 fully saturated rings. The van der Waals surface area contributed by atoms with Gasteiger partial charge in [-0.2, -0.15) is 0 Å². The van der Waals surface area contributed by atoms with Gasteiger partial charge in [-0.15, -0.1) is 0 Å². The Hall–Kier alpha value is -2.04. The number of hydrogen-bond acceptors (Lipinski definition) is 3. The lowest BCUT2D eigenvalue weighted by Crippen LogP contribution is -2.47. The number of anilines is 1. The SMILES string of the molecule is CN1C(=O)C(CC(=O)NC2CCCC2)Oc2ccccc21. The van der Waals surface area contributed by atoms with E-state index in [-0.39, 0.29) is 24.3 Å². The molecule has 3 rings (SSSR count). The zero-order chi connectivity index (χ0) is 14.8. The van der Waals surface area contributed by atoms with Gasteiger partial charge in [-0.05, 0) is 25.0 Å². The van der Waals surface area contributed by atoms with Crippen molar-refractivity contribution in [1.82, 2.24) is 5.32 Å². The van der Waals surface area contributed by atoms with Crippen LogP contribution in [-0.2, 0) is 9.59 Å². The Balaban J connectivity index is 1.66. The van der Waals surface area contributed by atoms with E-state index in [1.54, 1.807) is 11.9 Å². The summed E-state index contributed by atoms with van der Waals surface area (Å²) in [5.74, 6) is 0.376. The molecular formula is C16H20N2O3. The number of nitrogens with one attached hydrogen (secondary N) is 1. The minimum Gasteiger partial charge on any atom is -0.478 e. The van der Waals surface area contributed by atoms with Gasteiger partial charge in [-0.3, -0.25) is 9.59 Å². The van der Waals surface area contributed by atoms with Crippen molar-refractivity contribution in [3.63, 3.8) is 0 Å². The molecule has 1 aromatic rings. The van der Waals surface area contributed by atoms with Crippen LogP contribution in [0.25, 0.3) is 0 Å². The van der Waals surface area contributed by atoms with Gasteiger partial charge >= 0.3 is 0 Å². The molecular weight excluding hydrogens is 268 g/mol. The zero-order valence-corrected chi connectivity index (χ0v) is 12.2. The molecule has 5 nitrogen and oxygen atoms in total. The molecule has 0 bridgehead atoms. The molecule has 1 aliphatic heterocycles. The summed E-state index contributed by atoms with van der Waals surface area (Å²) in [6.07, 6.45) is 3.75. The number of fused-ring (bicyclic) bond motifs is 1. The number of carbonyl (C=O) groups is 2. The summed E-state index contributed by atoms with van der Waals surface area (Å²) in [6, 6.07) is 7.64. The molecule has 1 unspecified atom stereocenters. The number of benzene rings is 1. The maximum atomic E-state index is 12.3. The Morgan fingerprint density at radius 1 is 1.33 bits per heavy atom. The first kappa shape index (κ1) is 13.9. The molecule has 2 aliphatic rings. The second-order valence-corrected chi connectivity index (χ2v) is 5.72. The van der Waals surface area contributed by atoms with Crippen LogP contribution in [0.1, 0.15) is 32.1 Å². The van der Waals surface area contributed by atoms with E-state index >= 15 is 0 Å². The van der Waals surface area contributed by atoms with Crippen LogP contribution < -0.4 is 15.0 Å². The average Bonchev–Trinajstić information content (AvgIpc) is 2.97. The van der Waals surface area contributed by atoms with Gasteiger partial charge < -0.3 is 15.0 Å². The first-order chi connectivity index (χ1) is 10.1. The summed E-state index contributed by atoms with van der Waals surface area (Å²) < 4.78 is 5.70. The average molecular weight is 288 g/mol. The highest BCUT2D eigenvalue weighted by atomic mass is 16.5. The molecule has 5 heteroatoms. The molecule has 0 aromatic heterocycles. The quantitative estimate of drug-likeness (QED) is 0.923. The van der Waals surface area contributed by atoms with Crippen LogP contribution in [-0.4, -0.2) is 31.0 Å². The third kappa shape index (κ3) is 2.86. The second-order valence-electron chi connectivity index (χ2n) is 5.72. The largest absolute Gasteiger partial charge is 0.478 e. The fraction of sp³-hybridized carbons (Fsp3) is 0.500. The van der Waals surface area contributed by atoms with Crippen LogP contribution >= 0.6 is 0 Å². The summed E-state index contributed by atoms with van der Waals surface area (Å²) in [7, 11) is 1.71. The molecule has 1 saturated carbocycles. The Morgan fingerprint density at radius 2 is 2.05 bits per heavy atom. The van der Waals surface area contributed by atoms with Crippen molar-refractivity contribution >= 4 is 17.5 Å². The Kier molecular flexibility index (Phi) is 3.82. The number of hydrogen-bond donors (Lipinski definition) is 1.